The minimum Gasteiger partial charge on any atom is -0.275 e. The molecule has 1 aliphatic carbocycles. The van der Waals surface area contributed by atoms with Crippen molar-refractivity contribution in [1.29, 1.82) is 0 Å². The van der Waals surface area contributed by atoms with E-state index in [1.165, 1.54) is 11.4 Å². The molecule has 4 nitrogen and oxygen atoms in total. The second-order valence-corrected chi connectivity index (χ2v) is 5.35. The molecule has 0 saturated heterocycles. The van der Waals surface area contributed by atoms with Crippen LogP contribution in [0.2, 0.25) is 10.0 Å². The molecule has 2 rings (SSSR count). The molecule has 0 spiro atoms. The number of rotatable bonds is 1. The van der Waals surface area contributed by atoms with Crippen molar-refractivity contribution in [1.82, 2.24) is 4.67 Å². The van der Waals surface area contributed by atoms with E-state index in [9.17, 15) is 0 Å². The van der Waals surface area contributed by atoms with Gasteiger partial charge in [-0.15, -0.1) is 5.01 Å². The fourth-order valence-corrected chi connectivity index (χ4v) is 2.70. The molecule has 0 bridgehead atoms. The molecule has 1 fully saturated rings. The molecule has 1 aliphatic rings. The van der Waals surface area contributed by atoms with Crippen LogP contribution >= 0.6 is 23.2 Å². The zero-order valence-corrected chi connectivity index (χ0v) is 12.1. The molecule has 19 heavy (non-hydrogen) atoms. The van der Waals surface area contributed by atoms with Crippen LogP contribution in [-0.4, -0.2) is 11.7 Å². The predicted octanol–water partition coefficient (Wildman–Crippen LogP) is 2.46. The first-order valence-electron chi connectivity index (χ1n) is 6.27. The molecule has 1 saturated carbocycles. The van der Waals surface area contributed by atoms with E-state index >= 15 is 0 Å². The van der Waals surface area contributed by atoms with Crippen molar-refractivity contribution in [3.63, 3.8) is 0 Å². The highest BCUT2D eigenvalue weighted by molar-refractivity contribution is 6.39. The van der Waals surface area contributed by atoms with E-state index < -0.39 is 0 Å². The SMILES string of the molecule is NC(=[N+]=C1CCCCC1)N(N)c1c(Cl)cccc1Cl. The average Bonchev–Trinajstić information content (AvgIpc) is 2.39. The average molecular weight is 300 g/mol. The monoisotopic (exact) mass is 299 g/mol. The van der Waals surface area contributed by atoms with Crippen molar-refractivity contribution in [3.05, 3.63) is 28.2 Å². The number of hydrogen-bond acceptors (Lipinski definition) is 1. The van der Waals surface area contributed by atoms with Gasteiger partial charge < -0.3 is 0 Å². The quantitative estimate of drug-likeness (QED) is 0.275. The molecule has 0 aliphatic heterocycles. The fourth-order valence-electron chi connectivity index (χ4n) is 2.12. The second kappa shape index (κ2) is 6.31. The number of nitrogens with zero attached hydrogens (tertiary/aromatic N) is 2. The maximum Gasteiger partial charge on any atom is 0.460 e. The van der Waals surface area contributed by atoms with Crippen LogP contribution in [0.3, 0.4) is 0 Å². The van der Waals surface area contributed by atoms with Crippen LogP contribution in [0.15, 0.2) is 18.2 Å². The van der Waals surface area contributed by atoms with Crippen LogP contribution in [0.25, 0.3) is 0 Å². The zero-order chi connectivity index (χ0) is 13.8. The second-order valence-electron chi connectivity index (χ2n) is 4.54. The van der Waals surface area contributed by atoms with E-state index in [4.69, 9.17) is 34.8 Å². The Hall–Kier alpha value is -1.19. The third kappa shape index (κ3) is 3.43. The molecule has 4 N–H and O–H groups in total. The standard InChI is InChI=1S/C13H16Cl2N4/c14-10-7-4-8-11(15)12(10)19(17)13(16)18-9-5-2-1-3-6-9/h4,7-8,16H,1-3,5-6,17H2/p+1. The van der Waals surface area contributed by atoms with Gasteiger partial charge in [-0.1, -0.05) is 35.7 Å². The molecular weight excluding hydrogens is 283 g/mol. The summed E-state index contributed by atoms with van der Waals surface area (Å²) in [6, 6.07) is 5.18. The lowest BCUT2D eigenvalue weighted by Crippen LogP contribution is -2.45. The van der Waals surface area contributed by atoms with Crippen LogP contribution in [0.4, 0.5) is 5.69 Å². The van der Waals surface area contributed by atoms with E-state index in [1.807, 2.05) is 0 Å². The number of hydrazine groups is 1. The molecule has 0 aromatic heterocycles. The number of nitrogens with two attached hydrogens (primary N) is 2. The van der Waals surface area contributed by atoms with E-state index in [0.717, 1.165) is 31.4 Å². The summed E-state index contributed by atoms with van der Waals surface area (Å²) in [6.07, 6.45) is 5.52. The van der Waals surface area contributed by atoms with Crippen LogP contribution in [0.5, 0.6) is 0 Å². The van der Waals surface area contributed by atoms with E-state index in [-0.39, 0.29) is 5.96 Å². The molecule has 102 valence electrons. The minimum absolute atomic E-state index is 0.215. The smallest absolute Gasteiger partial charge is 0.275 e. The largest absolute Gasteiger partial charge is 0.460 e. The van der Waals surface area contributed by atoms with Gasteiger partial charge in [0.25, 0.3) is 0 Å². The van der Waals surface area contributed by atoms with Crippen molar-refractivity contribution in [2.45, 2.75) is 32.1 Å². The Morgan fingerprint density at radius 3 is 2.26 bits per heavy atom. The number of hydrogen-bond donors (Lipinski definition) is 2. The molecule has 0 atom stereocenters. The highest BCUT2D eigenvalue weighted by atomic mass is 35.5. The summed E-state index contributed by atoms with van der Waals surface area (Å²) < 4.78 is 4.39. The summed E-state index contributed by atoms with van der Waals surface area (Å²) in [4.78, 5) is 0. The van der Waals surface area contributed by atoms with Gasteiger partial charge in [0.2, 0.25) is 0 Å². The Morgan fingerprint density at radius 2 is 1.68 bits per heavy atom. The molecule has 0 amide bonds. The van der Waals surface area contributed by atoms with Crippen molar-refractivity contribution in [3.8, 4) is 0 Å². The van der Waals surface area contributed by atoms with Gasteiger partial charge in [-0.05, 0) is 25.0 Å². The topological polar surface area (TPSA) is 69.4 Å². The normalized spacial score (nSPS) is 15.0. The summed E-state index contributed by atoms with van der Waals surface area (Å²) in [7, 11) is 0. The Kier molecular flexibility index (Phi) is 4.72. The number of benzene rings is 1. The van der Waals surface area contributed by atoms with Crippen molar-refractivity contribution >= 4 is 40.6 Å². The van der Waals surface area contributed by atoms with Crippen LogP contribution in [0, 0.1) is 0 Å². The van der Waals surface area contributed by atoms with Crippen molar-refractivity contribution in [2.75, 3.05) is 5.01 Å². The third-order valence-electron chi connectivity index (χ3n) is 3.13. The molecule has 1 aromatic rings. The van der Waals surface area contributed by atoms with Gasteiger partial charge >= 0.3 is 5.96 Å². The van der Waals surface area contributed by atoms with Gasteiger partial charge in [-0.3, -0.25) is 5.73 Å². The summed E-state index contributed by atoms with van der Waals surface area (Å²) in [5.41, 5.74) is 7.49. The van der Waals surface area contributed by atoms with Gasteiger partial charge in [0.05, 0.1) is 10.0 Å². The van der Waals surface area contributed by atoms with Crippen LogP contribution in [-0.2, 0) is 0 Å². The van der Waals surface area contributed by atoms with Gasteiger partial charge in [0.1, 0.15) is 5.71 Å². The summed E-state index contributed by atoms with van der Waals surface area (Å²) in [6.45, 7) is 0. The van der Waals surface area contributed by atoms with E-state index in [0.29, 0.717) is 15.7 Å². The molecule has 0 unspecified atom stereocenters. The van der Waals surface area contributed by atoms with Gasteiger partial charge in [0, 0.05) is 12.8 Å². The van der Waals surface area contributed by atoms with Gasteiger partial charge in [0.15, 0.2) is 5.69 Å². The lowest BCUT2D eigenvalue weighted by Gasteiger charge is -2.12. The van der Waals surface area contributed by atoms with Crippen LogP contribution in [0.1, 0.15) is 32.1 Å². The Bertz CT molecular complexity index is 507. The predicted molar refractivity (Wildman–Crippen MR) is 82.5 cm³/mol. The first-order chi connectivity index (χ1) is 9.09. The highest BCUT2D eigenvalue weighted by Gasteiger charge is 2.22. The number of halogens is 2. The van der Waals surface area contributed by atoms with E-state index in [2.05, 4.69) is 4.67 Å². The van der Waals surface area contributed by atoms with Crippen LogP contribution < -0.4 is 21.3 Å². The van der Waals surface area contributed by atoms with Gasteiger partial charge in [-0.25, -0.2) is 4.67 Å². The first kappa shape index (κ1) is 14.2. The fraction of sp³-hybridized carbons (Fsp3) is 0.385. The minimum atomic E-state index is 0.215. The summed E-state index contributed by atoms with van der Waals surface area (Å²) in [5, 5.41) is 2.13. The Balaban J connectivity index is 2.33. The molecule has 0 radical (unpaired) electrons. The molecule has 6 heteroatoms. The number of anilines is 1. The molecule has 0 heterocycles. The lowest BCUT2D eigenvalue weighted by atomic mass is 9.99. The summed E-state index contributed by atoms with van der Waals surface area (Å²) in [5.74, 6) is 6.17. The van der Waals surface area contributed by atoms with Crippen molar-refractivity contribution < 1.29 is 0 Å². The zero-order valence-electron chi connectivity index (χ0n) is 10.6. The van der Waals surface area contributed by atoms with Gasteiger partial charge in [-0.2, -0.15) is 5.84 Å². The maximum atomic E-state index is 6.09. The Morgan fingerprint density at radius 1 is 1.11 bits per heavy atom. The highest BCUT2D eigenvalue weighted by Crippen LogP contribution is 2.31. The lowest BCUT2D eigenvalue weighted by molar-refractivity contribution is 0.666. The number of para-hydroxylation sites is 1. The maximum absolute atomic E-state index is 6.09. The summed E-state index contributed by atoms with van der Waals surface area (Å²) >= 11 is 12.2. The molecule has 1 aromatic carbocycles. The first-order valence-corrected chi connectivity index (χ1v) is 7.03. The van der Waals surface area contributed by atoms with E-state index in [1.54, 1.807) is 18.2 Å². The Labute approximate surface area is 122 Å². The number of guanidine groups is 1. The third-order valence-corrected chi connectivity index (χ3v) is 3.74. The van der Waals surface area contributed by atoms with Crippen molar-refractivity contribution in [2.24, 2.45) is 11.6 Å². The molecular formula is C13H17Cl2N4+.